The zero-order chi connectivity index (χ0) is 25.5. The molecule has 3 saturated heterocycles. The van der Waals surface area contributed by atoms with Gasteiger partial charge in [0.1, 0.15) is 36.1 Å². The predicted octanol–water partition coefficient (Wildman–Crippen LogP) is 1.38. The molecule has 3 aliphatic heterocycles. The van der Waals surface area contributed by atoms with E-state index < -0.39 is 70.7 Å². The Hall–Kier alpha value is -1.91. The zero-order valence-corrected chi connectivity index (χ0v) is 20.6. The molecule has 0 aromatic heterocycles. The summed E-state index contributed by atoms with van der Waals surface area (Å²) in [6.45, 7) is 9.37. The molecule has 6 aliphatic rings. The van der Waals surface area contributed by atoms with Crippen molar-refractivity contribution in [3.05, 3.63) is 59.7 Å². The Bertz CT molecular complexity index is 1210. The molecule has 0 radical (unpaired) electrons. The molecule has 3 bridgehead atoms. The normalized spacial score (nSPS) is 54.2. The van der Waals surface area contributed by atoms with E-state index >= 15 is 0 Å². The van der Waals surface area contributed by atoms with E-state index in [2.05, 4.69) is 6.58 Å². The van der Waals surface area contributed by atoms with Crippen molar-refractivity contribution in [3.63, 3.8) is 0 Å². The number of rotatable bonds is 3. The van der Waals surface area contributed by atoms with Gasteiger partial charge in [-0.25, -0.2) is 0 Å². The van der Waals surface area contributed by atoms with E-state index in [1.165, 1.54) is 0 Å². The first-order chi connectivity index (χ1) is 17.0. The van der Waals surface area contributed by atoms with Gasteiger partial charge in [0.05, 0.1) is 12.2 Å². The van der Waals surface area contributed by atoms with Crippen LogP contribution in [0.25, 0.3) is 0 Å². The summed E-state index contributed by atoms with van der Waals surface area (Å²) in [5, 5.41) is 34.1. The van der Waals surface area contributed by atoms with Gasteiger partial charge in [0, 0.05) is 17.4 Å². The lowest BCUT2D eigenvalue weighted by molar-refractivity contribution is -0.288. The molecule has 7 rings (SSSR count). The second-order valence-electron chi connectivity index (χ2n) is 11.7. The van der Waals surface area contributed by atoms with Gasteiger partial charge in [-0.05, 0) is 37.3 Å². The molecule has 0 spiro atoms. The fourth-order valence-electron chi connectivity index (χ4n) is 8.37. The largest absolute Gasteiger partial charge is 0.393 e. The molecule has 11 atom stereocenters. The highest BCUT2D eigenvalue weighted by Gasteiger charge is 2.86. The Labute approximate surface area is 209 Å². The minimum atomic E-state index is -2.20. The van der Waals surface area contributed by atoms with Gasteiger partial charge in [0.2, 0.25) is 5.79 Å². The number of ether oxygens (including phenoxy) is 4. The summed E-state index contributed by atoms with van der Waals surface area (Å²) in [6, 6.07) is 9.61. The number of benzene rings is 1. The Morgan fingerprint density at radius 1 is 1.19 bits per heavy atom. The average molecular weight is 497 g/mol. The minimum absolute atomic E-state index is 0.0198. The lowest BCUT2D eigenvalue weighted by Crippen LogP contribution is -2.71. The molecule has 1 aromatic carbocycles. The smallest absolute Gasteiger partial charge is 0.220 e. The topological polar surface area (TPSA) is 118 Å². The molecule has 0 amide bonds. The summed E-state index contributed by atoms with van der Waals surface area (Å²) < 4.78 is 26.8. The second kappa shape index (κ2) is 6.74. The number of hydrogen-bond acceptors (Lipinski definition) is 8. The number of aliphatic hydroxyl groups excluding tert-OH is 2. The first-order valence-corrected chi connectivity index (χ1v) is 12.7. The van der Waals surface area contributed by atoms with Crippen molar-refractivity contribution in [3.8, 4) is 0 Å². The van der Waals surface area contributed by atoms with Crippen LogP contribution in [-0.2, 0) is 29.5 Å². The molecule has 1 aromatic rings. The van der Waals surface area contributed by atoms with Crippen LogP contribution in [0.4, 0.5) is 0 Å². The van der Waals surface area contributed by atoms with E-state index in [0.717, 1.165) is 11.1 Å². The molecule has 36 heavy (non-hydrogen) atoms. The van der Waals surface area contributed by atoms with Gasteiger partial charge in [-0.1, -0.05) is 49.9 Å². The third-order valence-corrected chi connectivity index (χ3v) is 10.1. The number of carbonyl (C=O) groups is 1. The van der Waals surface area contributed by atoms with Gasteiger partial charge in [-0.3, -0.25) is 4.79 Å². The van der Waals surface area contributed by atoms with Gasteiger partial charge >= 0.3 is 0 Å². The van der Waals surface area contributed by atoms with Crippen molar-refractivity contribution in [2.45, 2.75) is 73.7 Å². The van der Waals surface area contributed by atoms with Gasteiger partial charge in [0.25, 0.3) is 0 Å². The molecule has 3 heterocycles. The number of epoxide rings is 1. The van der Waals surface area contributed by atoms with Crippen LogP contribution in [0.1, 0.15) is 32.8 Å². The molecule has 8 heteroatoms. The first-order valence-electron chi connectivity index (χ1n) is 12.7. The van der Waals surface area contributed by atoms with Crippen LogP contribution in [0.15, 0.2) is 54.1 Å². The van der Waals surface area contributed by atoms with Gasteiger partial charge in [-0.15, -0.1) is 0 Å². The Morgan fingerprint density at radius 2 is 1.92 bits per heavy atom. The number of aliphatic hydroxyl groups is 3. The highest BCUT2D eigenvalue weighted by atomic mass is 16.8. The maximum atomic E-state index is 13.5. The van der Waals surface area contributed by atoms with Crippen molar-refractivity contribution in [2.24, 2.45) is 17.8 Å². The van der Waals surface area contributed by atoms with Crippen LogP contribution in [-0.4, -0.2) is 75.0 Å². The Balaban J connectivity index is 1.51. The summed E-state index contributed by atoms with van der Waals surface area (Å²) in [6.07, 6.45) is -0.724. The fraction of sp³-hybridized carbons (Fsp3) is 0.607. The van der Waals surface area contributed by atoms with Gasteiger partial charge < -0.3 is 34.3 Å². The molecule has 5 fully saturated rings. The maximum Gasteiger partial charge on any atom is 0.220 e. The Kier molecular flexibility index (Phi) is 4.35. The van der Waals surface area contributed by atoms with Crippen LogP contribution in [0.2, 0.25) is 0 Å². The van der Waals surface area contributed by atoms with E-state index in [0.29, 0.717) is 12.0 Å². The maximum absolute atomic E-state index is 13.5. The molecule has 192 valence electrons. The number of fused-ring (bicyclic) bond motifs is 3. The summed E-state index contributed by atoms with van der Waals surface area (Å²) >= 11 is 0. The van der Waals surface area contributed by atoms with E-state index in [9.17, 15) is 20.1 Å². The number of hydrogen-bond donors (Lipinski definition) is 3. The minimum Gasteiger partial charge on any atom is -0.393 e. The average Bonchev–Trinajstić information content (AvgIpc) is 3.46. The molecule has 1 unspecified atom stereocenters. The van der Waals surface area contributed by atoms with E-state index in [-0.39, 0.29) is 12.5 Å². The standard InChI is InChI=1S/C28H32O8/c1-14(2)24-11-16(4)28-18-10-15(3)20(30)27(18,32)23(31)25(12-29)22(34-25)19(28)21(24)35-26(36-24,13-33-28)17-8-6-5-7-9-17/h5-10,16,18-19,21-23,29,31-32H,1,11-13H2,2-4H3/t16-,18-,19-,21-,22+,23-,24-,25+,26?,27-,28+/m1/s1. The lowest BCUT2D eigenvalue weighted by atomic mass is 9.54. The van der Waals surface area contributed by atoms with Crippen LogP contribution in [0.3, 0.4) is 0 Å². The van der Waals surface area contributed by atoms with Gasteiger partial charge in [0.15, 0.2) is 11.4 Å². The van der Waals surface area contributed by atoms with Crippen molar-refractivity contribution < 1.29 is 39.1 Å². The van der Waals surface area contributed by atoms with Crippen molar-refractivity contribution >= 4 is 5.78 Å². The molecule has 8 nitrogen and oxygen atoms in total. The first kappa shape index (κ1) is 23.2. The Morgan fingerprint density at radius 3 is 2.58 bits per heavy atom. The van der Waals surface area contributed by atoms with Crippen LogP contribution >= 0.6 is 0 Å². The molecule has 3 N–H and O–H groups in total. The predicted molar refractivity (Wildman–Crippen MR) is 125 cm³/mol. The highest BCUT2D eigenvalue weighted by molar-refractivity contribution is 6.05. The van der Waals surface area contributed by atoms with Crippen molar-refractivity contribution in [2.75, 3.05) is 13.2 Å². The summed E-state index contributed by atoms with van der Waals surface area (Å²) in [7, 11) is 0. The SMILES string of the molecule is C=C(C)[C@]12C[C@@H](C)[C@@]34OCC(c5ccccc5)(O[C@@H]1[C@@H]3[C@@H]1O[C@]1(CO)[C@@H](O)[C@]1(O)C(=O)C(C)=C[C@H]14)O2. The van der Waals surface area contributed by atoms with E-state index in [4.69, 9.17) is 18.9 Å². The van der Waals surface area contributed by atoms with Crippen LogP contribution in [0, 0.1) is 17.8 Å². The molecular formula is C28H32O8. The highest BCUT2D eigenvalue weighted by Crippen LogP contribution is 2.71. The molecule has 3 aliphatic carbocycles. The number of ketones is 1. The second-order valence-corrected chi connectivity index (χ2v) is 11.7. The zero-order valence-electron chi connectivity index (χ0n) is 20.6. The lowest BCUT2D eigenvalue weighted by Gasteiger charge is -2.59. The van der Waals surface area contributed by atoms with Crippen LogP contribution in [0.5, 0.6) is 0 Å². The fourth-order valence-corrected chi connectivity index (χ4v) is 8.37. The van der Waals surface area contributed by atoms with E-state index in [1.54, 1.807) is 13.0 Å². The summed E-state index contributed by atoms with van der Waals surface area (Å²) in [5.41, 5.74) is -3.75. The van der Waals surface area contributed by atoms with Crippen molar-refractivity contribution in [1.82, 2.24) is 0 Å². The van der Waals surface area contributed by atoms with Gasteiger partial charge in [-0.2, -0.15) is 0 Å². The quantitative estimate of drug-likeness (QED) is 0.424. The molecule has 2 saturated carbocycles. The van der Waals surface area contributed by atoms with E-state index in [1.807, 2.05) is 44.2 Å². The summed E-state index contributed by atoms with van der Waals surface area (Å²) in [4.78, 5) is 13.5. The molecular weight excluding hydrogens is 464 g/mol. The van der Waals surface area contributed by atoms with Crippen molar-refractivity contribution in [1.29, 1.82) is 0 Å². The number of carbonyl (C=O) groups excluding carboxylic acids is 1. The monoisotopic (exact) mass is 496 g/mol. The van der Waals surface area contributed by atoms with Crippen LogP contribution < -0.4 is 0 Å². The third-order valence-electron chi connectivity index (χ3n) is 10.1. The number of Topliss-reactive ketones (excluding diaryl/α,β-unsaturated/α-hetero) is 1. The third kappa shape index (κ3) is 2.26. The summed E-state index contributed by atoms with van der Waals surface area (Å²) in [5.74, 6) is -3.43.